The Morgan fingerprint density at radius 1 is 1.27 bits per heavy atom. The molecule has 1 saturated heterocycles. The van der Waals surface area contributed by atoms with Crippen LogP contribution in [0, 0.1) is 23.6 Å². The van der Waals surface area contributed by atoms with Crippen molar-refractivity contribution in [2.75, 3.05) is 31.8 Å². The Morgan fingerprint density at radius 3 is 2.76 bits per heavy atom. The number of aliphatic hydroxyl groups is 1. The maximum atomic E-state index is 14.6. The van der Waals surface area contributed by atoms with Crippen LogP contribution in [0.3, 0.4) is 0 Å². The predicted octanol–water partition coefficient (Wildman–Crippen LogP) is 4.55. The van der Waals surface area contributed by atoms with Crippen LogP contribution in [0.4, 0.5) is 15.9 Å². The fourth-order valence-corrected chi connectivity index (χ4v) is 6.75. The molecule has 1 aliphatic carbocycles. The second kappa shape index (κ2) is 10.1. The first-order chi connectivity index (χ1) is 17.6. The van der Waals surface area contributed by atoms with Gasteiger partial charge in [0.2, 0.25) is 10.0 Å². The van der Waals surface area contributed by atoms with Crippen LogP contribution in [-0.4, -0.2) is 60.5 Å². The lowest BCUT2D eigenvalue weighted by molar-refractivity contribution is 0.0504. The summed E-state index contributed by atoms with van der Waals surface area (Å²) in [7, 11) is -1.91. The number of hydrogen-bond donors (Lipinski definition) is 2. The zero-order valence-corrected chi connectivity index (χ0v) is 23.1. The molecule has 0 bridgehead atoms. The van der Waals surface area contributed by atoms with Gasteiger partial charge in [-0.05, 0) is 58.8 Å². The number of fused-ring (bicyclic) bond motifs is 2. The minimum atomic E-state index is -3.44. The van der Waals surface area contributed by atoms with Crippen molar-refractivity contribution in [1.82, 2.24) is 14.3 Å². The van der Waals surface area contributed by atoms with E-state index in [4.69, 9.17) is 21.1 Å². The van der Waals surface area contributed by atoms with Gasteiger partial charge in [0, 0.05) is 28.4 Å². The van der Waals surface area contributed by atoms with Crippen LogP contribution in [0.2, 0.25) is 5.02 Å². The molecular formula is C24H25BrClFN4O5S. The van der Waals surface area contributed by atoms with Crippen molar-refractivity contribution in [1.29, 1.82) is 0 Å². The van der Waals surface area contributed by atoms with E-state index in [2.05, 4.69) is 31.2 Å². The molecule has 2 N–H and O–H groups in total. The molecule has 0 spiro atoms. The minimum absolute atomic E-state index is 0.0378. The van der Waals surface area contributed by atoms with Crippen molar-refractivity contribution in [3.05, 3.63) is 45.9 Å². The molecule has 1 aliphatic heterocycles. The normalized spacial score (nSPS) is 23.8. The van der Waals surface area contributed by atoms with E-state index in [0.29, 0.717) is 52.3 Å². The number of rotatable bonds is 7. The van der Waals surface area contributed by atoms with Crippen molar-refractivity contribution in [3.63, 3.8) is 0 Å². The number of anilines is 2. The van der Waals surface area contributed by atoms with E-state index in [-0.39, 0.29) is 28.5 Å². The molecule has 5 rings (SSSR count). The Labute approximate surface area is 227 Å². The first kappa shape index (κ1) is 26.4. The van der Waals surface area contributed by atoms with Gasteiger partial charge < -0.3 is 19.9 Å². The summed E-state index contributed by atoms with van der Waals surface area (Å²) in [5.41, 5.74) is 0.732. The van der Waals surface area contributed by atoms with E-state index in [9.17, 15) is 17.9 Å². The Bertz CT molecular complexity index is 1460. The van der Waals surface area contributed by atoms with Gasteiger partial charge in [-0.3, -0.25) is 0 Å². The molecule has 0 radical (unpaired) electrons. The van der Waals surface area contributed by atoms with Crippen LogP contribution in [0.25, 0.3) is 10.9 Å². The summed E-state index contributed by atoms with van der Waals surface area (Å²) in [5.74, 6) is 0.885. The maximum absolute atomic E-state index is 14.6. The summed E-state index contributed by atoms with van der Waals surface area (Å²) in [6, 6.07) is 6.65. The third kappa shape index (κ3) is 5.09. The maximum Gasteiger partial charge on any atom is 0.213 e. The van der Waals surface area contributed by atoms with Crippen molar-refractivity contribution in [2.24, 2.45) is 17.8 Å². The molecule has 198 valence electrons. The number of halogens is 3. The number of methoxy groups -OCH3 is 1. The Morgan fingerprint density at radius 2 is 2.05 bits per heavy atom. The number of benzene rings is 2. The molecular weight excluding hydrogens is 591 g/mol. The highest BCUT2D eigenvalue weighted by Gasteiger charge is 2.49. The van der Waals surface area contributed by atoms with E-state index >= 15 is 0 Å². The van der Waals surface area contributed by atoms with Gasteiger partial charge in [-0.1, -0.05) is 11.6 Å². The molecule has 1 aromatic heterocycles. The summed E-state index contributed by atoms with van der Waals surface area (Å²) in [5, 5.41) is 14.0. The molecule has 2 aliphatic rings. The van der Waals surface area contributed by atoms with E-state index < -0.39 is 22.1 Å². The van der Waals surface area contributed by atoms with Crippen LogP contribution in [0.15, 0.2) is 35.1 Å². The van der Waals surface area contributed by atoms with Crippen LogP contribution in [0.5, 0.6) is 11.5 Å². The SMILES string of the molecule is COc1cc2c(Nc3ccc(Br)c(Cl)c3F)ncnc2cc1OCC1C[C@H]2CN(S(C)(=O)=O)C(O)[C@H]2C1. The predicted molar refractivity (Wildman–Crippen MR) is 141 cm³/mol. The van der Waals surface area contributed by atoms with E-state index in [1.807, 2.05) is 0 Å². The van der Waals surface area contributed by atoms with Crippen molar-refractivity contribution in [2.45, 2.75) is 19.1 Å². The molecule has 0 amide bonds. The number of nitrogens with zero attached hydrogens (tertiary/aromatic N) is 3. The van der Waals surface area contributed by atoms with Crippen LogP contribution in [-0.2, 0) is 10.0 Å². The van der Waals surface area contributed by atoms with Crippen LogP contribution in [0.1, 0.15) is 12.8 Å². The van der Waals surface area contributed by atoms with Crippen LogP contribution < -0.4 is 14.8 Å². The highest BCUT2D eigenvalue weighted by molar-refractivity contribution is 9.10. The molecule has 3 aromatic rings. The van der Waals surface area contributed by atoms with Gasteiger partial charge in [-0.2, -0.15) is 4.31 Å². The number of ether oxygens (including phenoxy) is 2. The van der Waals surface area contributed by atoms with E-state index in [1.54, 1.807) is 24.3 Å². The number of nitrogens with one attached hydrogen (secondary N) is 1. The topological polar surface area (TPSA) is 114 Å². The van der Waals surface area contributed by atoms with Crippen molar-refractivity contribution >= 4 is 60.0 Å². The van der Waals surface area contributed by atoms with Crippen molar-refractivity contribution < 1.29 is 27.4 Å². The molecule has 4 atom stereocenters. The van der Waals surface area contributed by atoms with Gasteiger partial charge in [0.15, 0.2) is 17.3 Å². The summed E-state index contributed by atoms with van der Waals surface area (Å²) >= 11 is 9.22. The lowest BCUT2D eigenvalue weighted by Gasteiger charge is -2.22. The van der Waals surface area contributed by atoms with Crippen LogP contribution >= 0.6 is 27.5 Å². The Balaban J connectivity index is 1.33. The quantitative estimate of drug-likeness (QED) is 0.372. The standard InChI is InChI=1S/C24H25BrClFN4O5S/c1-35-19-7-15-18(28-11-29-23(15)30-17-4-3-16(25)21(26)22(17)27)8-20(19)36-10-12-5-13-9-31(37(2,33)34)24(32)14(13)6-12/h3-4,7-8,11-14,24,32H,5-6,9-10H2,1-2H3,(H,28,29,30)/t12?,13-,14-,24?/m0/s1. The molecule has 2 heterocycles. The Kier molecular flexibility index (Phi) is 7.22. The number of aliphatic hydroxyl groups excluding tert-OH is 1. The Hall–Kier alpha value is -2.25. The highest BCUT2D eigenvalue weighted by Crippen LogP contribution is 2.46. The molecule has 2 unspecified atom stereocenters. The smallest absolute Gasteiger partial charge is 0.213 e. The molecule has 2 aromatic carbocycles. The highest BCUT2D eigenvalue weighted by atomic mass is 79.9. The lowest BCUT2D eigenvalue weighted by atomic mass is 10.00. The van der Waals surface area contributed by atoms with Gasteiger partial charge in [0.05, 0.1) is 36.2 Å². The third-order valence-corrected chi connectivity index (χ3v) is 9.52. The average molecular weight is 616 g/mol. The van der Waals surface area contributed by atoms with Crippen molar-refractivity contribution in [3.8, 4) is 11.5 Å². The minimum Gasteiger partial charge on any atom is -0.493 e. The molecule has 2 fully saturated rings. The average Bonchev–Trinajstić information content (AvgIpc) is 3.41. The number of aromatic nitrogens is 2. The second-order valence-electron chi connectivity index (χ2n) is 9.41. The van der Waals surface area contributed by atoms with Gasteiger partial charge in [-0.15, -0.1) is 0 Å². The molecule has 1 saturated carbocycles. The largest absolute Gasteiger partial charge is 0.493 e. The van der Waals surface area contributed by atoms with Gasteiger partial charge in [-0.25, -0.2) is 22.8 Å². The number of sulfonamides is 1. The second-order valence-corrected chi connectivity index (χ2v) is 12.6. The lowest BCUT2D eigenvalue weighted by Crippen LogP contribution is -2.37. The van der Waals surface area contributed by atoms with E-state index in [0.717, 1.165) is 12.7 Å². The fraction of sp³-hybridized carbons (Fsp3) is 0.417. The summed E-state index contributed by atoms with van der Waals surface area (Å²) in [6.07, 6.45) is 2.94. The molecule has 13 heteroatoms. The molecule has 9 nitrogen and oxygen atoms in total. The first-order valence-corrected chi connectivity index (χ1v) is 14.6. The van der Waals surface area contributed by atoms with E-state index in [1.165, 1.54) is 17.7 Å². The molecule has 37 heavy (non-hydrogen) atoms. The number of hydrogen-bond acceptors (Lipinski definition) is 8. The van der Waals surface area contributed by atoms with Gasteiger partial charge in [0.25, 0.3) is 0 Å². The zero-order chi connectivity index (χ0) is 26.5. The monoisotopic (exact) mass is 614 g/mol. The fourth-order valence-electron chi connectivity index (χ4n) is 5.27. The summed E-state index contributed by atoms with van der Waals surface area (Å²) in [6.45, 7) is 0.719. The summed E-state index contributed by atoms with van der Waals surface area (Å²) in [4.78, 5) is 8.59. The zero-order valence-electron chi connectivity index (χ0n) is 20.0. The first-order valence-electron chi connectivity index (χ1n) is 11.6. The third-order valence-electron chi connectivity index (χ3n) is 7.05. The summed E-state index contributed by atoms with van der Waals surface area (Å²) < 4.78 is 51.7. The van der Waals surface area contributed by atoms with Gasteiger partial charge in [0.1, 0.15) is 18.4 Å². The van der Waals surface area contributed by atoms with Gasteiger partial charge >= 0.3 is 0 Å².